The van der Waals surface area contributed by atoms with E-state index in [1.165, 1.54) is 5.01 Å². The fourth-order valence-corrected chi connectivity index (χ4v) is 1.59. The Balaban J connectivity index is 2.24. The normalized spacial score (nSPS) is 30.9. The van der Waals surface area contributed by atoms with Crippen LogP contribution in [-0.2, 0) is 9.59 Å². The van der Waals surface area contributed by atoms with Crippen molar-refractivity contribution in [2.24, 2.45) is 5.92 Å². The predicted octanol–water partition coefficient (Wildman–Crippen LogP) is -0.688. The van der Waals surface area contributed by atoms with Crippen molar-refractivity contribution in [2.75, 3.05) is 13.1 Å². The molecule has 2 bridgehead atoms. The largest absolute Gasteiger partial charge is 0.297 e. The number of Topliss-reactive ketones (excluding diaryl/α,β-unsaturated/α-hetero) is 1. The molecule has 4 heteroatoms. The molecule has 3 aliphatic rings. The summed E-state index contributed by atoms with van der Waals surface area (Å²) in [5.41, 5.74) is 2.92. The molecule has 1 unspecified atom stereocenters. The maximum Gasteiger partial charge on any atom is 0.237 e. The van der Waals surface area contributed by atoms with Gasteiger partial charge in [-0.3, -0.25) is 14.6 Å². The van der Waals surface area contributed by atoms with Gasteiger partial charge >= 0.3 is 0 Å². The molecule has 11 heavy (non-hydrogen) atoms. The molecule has 1 amide bonds. The van der Waals surface area contributed by atoms with Crippen LogP contribution >= 0.6 is 0 Å². The molecule has 0 aromatic heterocycles. The number of rotatable bonds is 0. The molecule has 4 nitrogen and oxygen atoms in total. The third-order valence-electron chi connectivity index (χ3n) is 2.29. The van der Waals surface area contributed by atoms with Crippen molar-refractivity contribution in [3.63, 3.8) is 0 Å². The van der Waals surface area contributed by atoms with Gasteiger partial charge in [-0.1, -0.05) is 0 Å². The first kappa shape index (κ1) is 6.79. The predicted molar refractivity (Wildman–Crippen MR) is 37.4 cm³/mol. The minimum atomic E-state index is -0.00579. The van der Waals surface area contributed by atoms with E-state index in [-0.39, 0.29) is 24.2 Å². The van der Waals surface area contributed by atoms with Gasteiger partial charge in [0.15, 0.2) is 5.78 Å². The zero-order chi connectivity index (χ0) is 7.84. The van der Waals surface area contributed by atoms with E-state index in [1.54, 1.807) is 0 Å². The van der Waals surface area contributed by atoms with E-state index in [4.69, 9.17) is 0 Å². The molecule has 0 spiro atoms. The minimum Gasteiger partial charge on any atom is -0.297 e. The van der Waals surface area contributed by atoms with Gasteiger partial charge in [-0.2, -0.15) is 0 Å². The monoisotopic (exact) mass is 154 g/mol. The molecule has 0 aromatic carbocycles. The highest BCUT2D eigenvalue weighted by molar-refractivity contribution is 5.94. The van der Waals surface area contributed by atoms with Gasteiger partial charge in [0.2, 0.25) is 5.91 Å². The molecule has 3 rings (SSSR count). The van der Waals surface area contributed by atoms with Gasteiger partial charge in [-0.05, 0) is 6.42 Å². The van der Waals surface area contributed by atoms with Crippen LogP contribution in [0.25, 0.3) is 0 Å². The van der Waals surface area contributed by atoms with Crippen molar-refractivity contribution in [3.8, 4) is 0 Å². The number of amides is 1. The number of carbonyl (C=O) groups excluding carboxylic acids is 2. The van der Waals surface area contributed by atoms with Gasteiger partial charge in [0, 0.05) is 18.9 Å². The standard InChI is InChI=1S/C7H10N2O2/c10-6-4-9-7(11)3-5(6)1-2-8-9/h5,8H,1-4H2. The van der Waals surface area contributed by atoms with Crippen molar-refractivity contribution < 1.29 is 9.59 Å². The summed E-state index contributed by atoms with van der Waals surface area (Å²) in [6.07, 6.45) is 1.22. The second-order valence-corrected chi connectivity index (χ2v) is 3.04. The summed E-state index contributed by atoms with van der Waals surface area (Å²) in [4.78, 5) is 22.3. The van der Waals surface area contributed by atoms with Gasteiger partial charge in [-0.15, -0.1) is 0 Å². The second-order valence-electron chi connectivity index (χ2n) is 3.04. The lowest BCUT2D eigenvalue weighted by molar-refractivity contribution is -0.144. The van der Waals surface area contributed by atoms with Crippen LogP contribution in [0.15, 0.2) is 0 Å². The first-order valence-corrected chi connectivity index (χ1v) is 3.84. The Morgan fingerprint density at radius 3 is 3.09 bits per heavy atom. The van der Waals surface area contributed by atoms with Gasteiger partial charge in [0.1, 0.15) is 0 Å². The molecule has 0 saturated carbocycles. The van der Waals surface area contributed by atoms with Crippen LogP contribution in [0.2, 0.25) is 0 Å². The van der Waals surface area contributed by atoms with Gasteiger partial charge in [0.25, 0.3) is 0 Å². The highest BCUT2D eigenvalue weighted by Gasteiger charge is 2.34. The number of nitrogens with one attached hydrogen (secondary N) is 1. The quantitative estimate of drug-likeness (QED) is 0.502. The minimum absolute atomic E-state index is 0.00579. The zero-order valence-corrected chi connectivity index (χ0v) is 6.17. The maximum absolute atomic E-state index is 11.2. The summed E-state index contributed by atoms with van der Waals surface area (Å²) in [6, 6.07) is 0. The number of hydrazine groups is 1. The van der Waals surface area contributed by atoms with Gasteiger partial charge < -0.3 is 0 Å². The first-order chi connectivity index (χ1) is 5.27. The molecule has 3 aliphatic heterocycles. The molecule has 1 atom stereocenters. The van der Waals surface area contributed by atoms with E-state index in [1.807, 2.05) is 0 Å². The lowest BCUT2D eigenvalue weighted by Crippen LogP contribution is -2.47. The Kier molecular flexibility index (Phi) is 1.42. The Labute approximate surface area is 64.5 Å². The maximum atomic E-state index is 11.2. The van der Waals surface area contributed by atoms with E-state index in [2.05, 4.69) is 5.43 Å². The van der Waals surface area contributed by atoms with Gasteiger partial charge in [-0.25, -0.2) is 5.43 Å². The van der Waals surface area contributed by atoms with Crippen LogP contribution in [0.1, 0.15) is 12.8 Å². The zero-order valence-electron chi connectivity index (χ0n) is 6.17. The molecule has 1 N–H and O–H groups in total. The third kappa shape index (κ3) is 1.03. The van der Waals surface area contributed by atoms with Crippen molar-refractivity contribution >= 4 is 11.7 Å². The van der Waals surface area contributed by atoms with E-state index < -0.39 is 0 Å². The van der Waals surface area contributed by atoms with Crippen molar-refractivity contribution in [3.05, 3.63) is 0 Å². The Morgan fingerprint density at radius 2 is 2.27 bits per heavy atom. The number of fused-ring (bicyclic) bond motifs is 4. The highest BCUT2D eigenvalue weighted by atomic mass is 16.2. The molecule has 3 fully saturated rings. The smallest absolute Gasteiger partial charge is 0.237 e. The Hall–Kier alpha value is -0.900. The summed E-state index contributed by atoms with van der Waals surface area (Å²) in [6.45, 7) is 1.02. The lowest BCUT2D eigenvalue weighted by Gasteiger charge is -2.24. The van der Waals surface area contributed by atoms with E-state index in [0.717, 1.165) is 13.0 Å². The van der Waals surface area contributed by atoms with E-state index in [0.29, 0.717) is 6.42 Å². The summed E-state index contributed by atoms with van der Waals surface area (Å²) in [7, 11) is 0. The van der Waals surface area contributed by atoms with Crippen LogP contribution in [0.4, 0.5) is 0 Å². The van der Waals surface area contributed by atoms with Crippen LogP contribution in [0.3, 0.4) is 0 Å². The molecule has 0 aromatic rings. The number of ketones is 1. The van der Waals surface area contributed by atoms with E-state index in [9.17, 15) is 9.59 Å². The van der Waals surface area contributed by atoms with Crippen LogP contribution in [0.5, 0.6) is 0 Å². The van der Waals surface area contributed by atoms with Crippen molar-refractivity contribution in [1.29, 1.82) is 0 Å². The highest BCUT2D eigenvalue weighted by Crippen LogP contribution is 2.19. The van der Waals surface area contributed by atoms with Crippen molar-refractivity contribution in [2.45, 2.75) is 12.8 Å². The number of hydrogen-bond donors (Lipinski definition) is 1. The number of carbonyl (C=O) groups is 2. The van der Waals surface area contributed by atoms with Crippen LogP contribution < -0.4 is 5.43 Å². The number of hydrogen-bond acceptors (Lipinski definition) is 3. The average Bonchev–Trinajstić information content (AvgIpc) is 2.21. The van der Waals surface area contributed by atoms with Crippen LogP contribution in [-0.4, -0.2) is 29.8 Å². The first-order valence-electron chi connectivity index (χ1n) is 3.84. The Morgan fingerprint density at radius 1 is 1.45 bits per heavy atom. The summed E-state index contributed by atoms with van der Waals surface area (Å²) < 4.78 is 0. The average molecular weight is 154 g/mol. The number of nitrogens with zero attached hydrogens (tertiary/aromatic N) is 1. The fraction of sp³-hybridized carbons (Fsp3) is 0.714. The lowest BCUT2D eigenvalue weighted by atomic mass is 9.94. The molecule has 0 radical (unpaired) electrons. The molecule has 0 aliphatic carbocycles. The van der Waals surface area contributed by atoms with Crippen LogP contribution in [0, 0.1) is 5.92 Å². The molecular formula is C7H10N2O2. The third-order valence-corrected chi connectivity index (χ3v) is 2.29. The Bertz CT molecular complexity index is 192. The summed E-state index contributed by atoms with van der Waals surface area (Å²) in [5.74, 6) is 0.260. The van der Waals surface area contributed by atoms with Crippen molar-refractivity contribution in [1.82, 2.24) is 10.4 Å². The molecule has 60 valence electrons. The summed E-state index contributed by atoms with van der Waals surface area (Å²) >= 11 is 0. The summed E-state index contributed by atoms with van der Waals surface area (Å²) in [5, 5.41) is 1.44. The topological polar surface area (TPSA) is 49.4 Å². The molecular weight excluding hydrogens is 144 g/mol. The van der Waals surface area contributed by atoms with E-state index >= 15 is 0 Å². The number of piperidine rings is 1. The van der Waals surface area contributed by atoms with Gasteiger partial charge in [0.05, 0.1) is 6.54 Å². The SMILES string of the molecule is O=C1CN2NCCC1CC2=O. The second kappa shape index (κ2) is 2.30. The molecule has 3 heterocycles. The fourth-order valence-electron chi connectivity index (χ4n) is 1.59. The molecule has 3 saturated heterocycles.